The van der Waals surface area contributed by atoms with Gasteiger partial charge in [0, 0.05) is 13.6 Å². The summed E-state index contributed by atoms with van der Waals surface area (Å²) in [5.74, 6) is 0. The van der Waals surface area contributed by atoms with E-state index in [1.165, 1.54) is 11.1 Å². The SMILES string of the molecule is Cc1ccccc1CNc1cnn(C)c1C. The lowest BCUT2D eigenvalue weighted by Crippen LogP contribution is -2.02. The third-order valence-electron chi connectivity index (χ3n) is 2.97. The van der Waals surface area contributed by atoms with Crippen molar-refractivity contribution in [3.8, 4) is 0 Å². The van der Waals surface area contributed by atoms with Gasteiger partial charge in [0.15, 0.2) is 0 Å². The molecule has 3 heteroatoms. The minimum atomic E-state index is 0.846. The van der Waals surface area contributed by atoms with E-state index in [0.29, 0.717) is 0 Å². The fourth-order valence-electron chi connectivity index (χ4n) is 1.67. The topological polar surface area (TPSA) is 29.9 Å². The minimum Gasteiger partial charge on any atom is -0.378 e. The van der Waals surface area contributed by atoms with Crippen molar-refractivity contribution in [1.29, 1.82) is 0 Å². The number of anilines is 1. The highest BCUT2D eigenvalue weighted by Gasteiger charge is 2.03. The number of nitrogens with one attached hydrogen (secondary N) is 1. The number of hydrogen-bond acceptors (Lipinski definition) is 2. The average Bonchev–Trinajstić information content (AvgIpc) is 2.59. The van der Waals surface area contributed by atoms with Gasteiger partial charge in [0.05, 0.1) is 17.6 Å². The van der Waals surface area contributed by atoms with E-state index in [9.17, 15) is 0 Å². The van der Waals surface area contributed by atoms with Crippen molar-refractivity contribution in [1.82, 2.24) is 9.78 Å². The molecule has 1 aromatic heterocycles. The molecule has 0 atom stereocenters. The second kappa shape index (κ2) is 4.39. The Hall–Kier alpha value is -1.77. The molecular weight excluding hydrogens is 198 g/mol. The molecule has 0 spiro atoms. The smallest absolute Gasteiger partial charge is 0.0758 e. The maximum absolute atomic E-state index is 4.21. The predicted molar refractivity (Wildman–Crippen MR) is 66.5 cm³/mol. The highest BCUT2D eigenvalue weighted by molar-refractivity contribution is 5.46. The summed E-state index contributed by atoms with van der Waals surface area (Å²) in [5.41, 5.74) is 4.90. The van der Waals surface area contributed by atoms with Gasteiger partial charge in [-0.2, -0.15) is 5.10 Å². The van der Waals surface area contributed by atoms with Gasteiger partial charge in [-0.05, 0) is 25.0 Å². The zero-order chi connectivity index (χ0) is 11.5. The molecule has 0 amide bonds. The summed E-state index contributed by atoms with van der Waals surface area (Å²) in [4.78, 5) is 0. The number of benzene rings is 1. The molecule has 84 valence electrons. The van der Waals surface area contributed by atoms with Gasteiger partial charge in [0.2, 0.25) is 0 Å². The van der Waals surface area contributed by atoms with Crippen molar-refractivity contribution in [2.45, 2.75) is 20.4 Å². The second-order valence-electron chi connectivity index (χ2n) is 4.05. The standard InChI is InChI=1S/C13H17N3/c1-10-6-4-5-7-12(10)8-14-13-9-15-16(3)11(13)2/h4-7,9,14H,8H2,1-3H3. The van der Waals surface area contributed by atoms with Crippen LogP contribution in [0.4, 0.5) is 5.69 Å². The Morgan fingerprint density at radius 3 is 2.62 bits per heavy atom. The van der Waals surface area contributed by atoms with Crippen molar-refractivity contribution in [3.05, 3.63) is 47.3 Å². The first-order valence-corrected chi connectivity index (χ1v) is 5.45. The molecule has 0 unspecified atom stereocenters. The summed E-state index contributed by atoms with van der Waals surface area (Å²) in [6, 6.07) is 8.41. The van der Waals surface area contributed by atoms with E-state index >= 15 is 0 Å². The summed E-state index contributed by atoms with van der Waals surface area (Å²) >= 11 is 0. The van der Waals surface area contributed by atoms with E-state index < -0.39 is 0 Å². The molecule has 0 saturated carbocycles. The van der Waals surface area contributed by atoms with Crippen LogP contribution in [0.3, 0.4) is 0 Å². The minimum absolute atomic E-state index is 0.846. The van der Waals surface area contributed by atoms with Crippen LogP contribution >= 0.6 is 0 Å². The predicted octanol–water partition coefficient (Wildman–Crippen LogP) is 2.65. The molecule has 0 bridgehead atoms. The zero-order valence-corrected chi connectivity index (χ0v) is 9.99. The van der Waals surface area contributed by atoms with Gasteiger partial charge in [0.25, 0.3) is 0 Å². The number of hydrogen-bond donors (Lipinski definition) is 1. The molecule has 3 nitrogen and oxygen atoms in total. The largest absolute Gasteiger partial charge is 0.378 e. The van der Waals surface area contributed by atoms with E-state index in [-0.39, 0.29) is 0 Å². The van der Waals surface area contributed by atoms with E-state index in [1.807, 2.05) is 17.9 Å². The number of aromatic nitrogens is 2. The van der Waals surface area contributed by atoms with Crippen LogP contribution in [0, 0.1) is 13.8 Å². The van der Waals surface area contributed by atoms with Crippen LogP contribution in [0.5, 0.6) is 0 Å². The van der Waals surface area contributed by atoms with Gasteiger partial charge in [-0.1, -0.05) is 24.3 Å². The Morgan fingerprint density at radius 2 is 2.00 bits per heavy atom. The number of rotatable bonds is 3. The lowest BCUT2D eigenvalue weighted by molar-refractivity contribution is 0.740. The Bertz CT molecular complexity index is 486. The first-order chi connectivity index (χ1) is 7.68. The molecule has 0 radical (unpaired) electrons. The van der Waals surface area contributed by atoms with E-state index in [4.69, 9.17) is 0 Å². The Labute approximate surface area is 96.1 Å². The summed E-state index contributed by atoms with van der Waals surface area (Å²) in [6.45, 7) is 5.04. The first kappa shape index (κ1) is 10.7. The van der Waals surface area contributed by atoms with Crippen LogP contribution in [-0.4, -0.2) is 9.78 Å². The normalized spacial score (nSPS) is 10.4. The monoisotopic (exact) mass is 215 g/mol. The molecule has 0 aliphatic rings. The highest BCUT2D eigenvalue weighted by atomic mass is 15.3. The molecule has 0 aliphatic heterocycles. The fourth-order valence-corrected chi connectivity index (χ4v) is 1.67. The summed E-state index contributed by atoms with van der Waals surface area (Å²) in [7, 11) is 1.95. The Kier molecular flexibility index (Phi) is 2.95. The lowest BCUT2D eigenvalue weighted by atomic mass is 10.1. The van der Waals surface area contributed by atoms with Gasteiger partial charge >= 0.3 is 0 Å². The molecular formula is C13H17N3. The summed E-state index contributed by atoms with van der Waals surface area (Å²) in [5, 5.41) is 7.61. The lowest BCUT2D eigenvalue weighted by Gasteiger charge is -2.08. The van der Waals surface area contributed by atoms with Crippen LogP contribution < -0.4 is 5.32 Å². The molecule has 1 heterocycles. The van der Waals surface area contributed by atoms with E-state index in [0.717, 1.165) is 17.9 Å². The van der Waals surface area contributed by atoms with Crippen LogP contribution in [-0.2, 0) is 13.6 Å². The quantitative estimate of drug-likeness (QED) is 0.853. The Balaban J connectivity index is 2.08. The third kappa shape index (κ3) is 2.08. The van der Waals surface area contributed by atoms with Crippen molar-refractivity contribution in [3.63, 3.8) is 0 Å². The van der Waals surface area contributed by atoms with Crippen LogP contribution in [0.25, 0.3) is 0 Å². The molecule has 1 aromatic carbocycles. The maximum atomic E-state index is 4.21. The van der Waals surface area contributed by atoms with Crippen molar-refractivity contribution < 1.29 is 0 Å². The molecule has 1 N–H and O–H groups in total. The Morgan fingerprint density at radius 1 is 1.25 bits per heavy atom. The van der Waals surface area contributed by atoms with Crippen molar-refractivity contribution >= 4 is 5.69 Å². The van der Waals surface area contributed by atoms with Crippen molar-refractivity contribution in [2.75, 3.05) is 5.32 Å². The van der Waals surface area contributed by atoms with Crippen molar-refractivity contribution in [2.24, 2.45) is 7.05 Å². The molecule has 2 rings (SSSR count). The summed E-state index contributed by atoms with van der Waals surface area (Å²) < 4.78 is 1.88. The van der Waals surface area contributed by atoms with Gasteiger partial charge in [-0.15, -0.1) is 0 Å². The summed E-state index contributed by atoms with van der Waals surface area (Å²) in [6.07, 6.45) is 1.87. The van der Waals surface area contributed by atoms with Crippen LogP contribution in [0.1, 0.15) is 16.8 Å². The third-order valence-corrected chi connectivity index (χ3v) is 2.97. The molecule has 2 aromatic rings. The van der Waals surface area contributed by atoms with E-state index in [1.54, 1.807) is 0 Å². The van der Waals surface area contributed by atoms with Crippen LogP contribution in [0.15, 0.2) is 30.5 Å². The fraction of sp³-hybridized carbons (Fsp3) is 0.308. The van der Waals surface area contributed by atoms with Crippen LogP contribution in [0.2, 0.25) is 0 Å². The number of nitrogens with zero attached hydrogens (tertiary/aromatic N) is 2. The van der Waals surface area contributed by atoms with Gasteiger partial charge in [0.1, 0.15) is 0 Å². The van der Waals surface area contributed by atoms with Gasteiger partial charge < -0.3 is 5.32 Å². The molecule has 16 heavy (non-hydrogen) atoms. The average molecular weight is 215 g/mol. The van der Waals surface area contributed by atoms with Gasteiger partial charge in [-0.3, -0.25) is 4.68 Å². The first-order valence-electron chi connectivity index (χ1n) is 5.45. The zero-order valence-electron chi connectivity index (χ0n) is 9.99. The highest BCUT2D eigenvalue weighted by Crippen LogP contribution is 2.15. The molecule has 0 aliphatic carbocycles. The second-order valence-corrected chi connectivity index (χ2v) is 4.05. The van der Waals surface area contributed by atoms with E-state index in [2.05, 4.69) is 48.5 Å². The molecule has 0 saturated heterocycles. The number of aryl methyl sites for hydroxylation is 2. The molecule has 0 fully saturated rings. The maximum Gasteiger partial charge on any atom is 0.0758 e. The van der Waals surface area contributed by atoms with Gasteiger partial charge in [-0.25, -0.2) is 0 Å².